The van der Waals surface area contributed by atoms with Crippen molar-refractivity contribution in [3.05, 3.63) is 30.1 Å². The zero-order valence-corrected chi connectivity index (χ0v) is 13.8. The Bertz CT molecular complexity index is 566. The van der Waals surface area contributed by atoms with E-state index in [1.54, 1.807) is 4.90 Å². The van der Waals surface area contributed by atoms with Crippen molar-refractivity contribution in [1.29, 1.82) is 0 Å². The summed E-state index contributed by atoms with van der Waals surface area (Å²) in [4.78, 5) is 26.0. The van der Waals surface area contributed by atoms with Crippen LogP contribution in [0, 0.1) is 11.7 Å². The number of carbonyl (C=O) groups excluding carboxylic acids is 2. The molecule has 2 amide bonds. The summed E-state index contributed by atoms with van der Waals surface area (Å²) in [6.45, 7) is 6.37. The number of rotatable bonds is 2. The van der Waals surface area contributed by atoms with Crippen LogP contribution >= 0.6 is 0 Å². The molecule has 23 heavy (non-hydrogen) atoms. The molecule has 1 saturated heterocycles. The van der Waals surface area contributed by atoms with Crippen LogP contribution in [-0.2, 0) is 9.53 Å². The van der Waals surface area contributed by atoms with Gasteiger partial charge in [-0.2, -0.15) is 0 Å². The fraction of sp³-hybridized carbons (Fsp3) is 0.529. The van der Waals surface area contributed by atoms with Gasteiger partial charge < -0.3 is 15.0 Å². The third-order valence-corrected chi connectivity index (χ3v) is 3.56. The van der Waals surface area contributed by atoms with Crippen LogP contribution < -0.4 is 5.32 Å². The van der Waals surface area contributed by atoms with E-state index in [1.807, 2.05) is 20.8 Å². The predicted octanol–water partition coefficient (Wildman–Crippen LogP) is 3.41. The second-order valence-electron chi connectivity index (χ2n) is 6.76. The smallest absolute Gasteiger partial charge is 0.410 e. The molecule has 0 bridgehead atoms. The zero-order chi connectivity index (χ0) is 17.0. The van der Waals surface area contributed by atoms with Crippen molar-refractivity contribution >= 4 is 17.7 Å². The Balaban J connectivity index is 1.93. The van der Waals surface area contributed by atoms with E-state index in [0.717, 1.165) is 6.42 Å². The Labute approximate surface area is 135 Å². The fourth-order valence-corrected chi connectivity index (χ4v) is 2.46. The molecule has 1 aliphatic rings. The molecule has 1 aromatic carbocycles. The first-order valence-electron chi connectivity index (χ1n) is 7.79. The monoisotopic (exact) mass is 322 g/mol. The molecule has 1 unspecified atom stereocenters. The second kappa shape index (κ2) is 6.98. The van der Waals surface area contributed by atoms with Gasteiger partial charge in [0.25, 0.3) is 0 Å². The summed E-state index contributed by atoms with van der Waals surface area (Å²) >= 11 is 0. The quantitative estimate of drug-likeness (QED) is 0.908. The summed E-state index contributed by atoms with van der Waals surface area (Å²) in [5.74, 6) is -0.803. The number of hydrogen-bond donors (Lipinski definition) is 1. The first kappa shape index (κ1) is 17.2. The number of nitrogens with one attached hydrogen (secondary N) is 1. The summed E-state index contributed by atoms with van der Waals surface area (Å²) in [7, 11) is 0. The van der Waals surface area contributed by atoms with Gasteiger partial charge in [0, 0.05) is 18.8 Å². The van der Waals surface area contributed by atoms with Crippen molar-refractivity contribution in [2.24, 2.45) is 5.92 Å². The van der Waals surface area contributed by atoms with Crippen LogP contribution in [0.3, 0.4) is 0 Å². The lowest BCUT2D eigenvalue weighted by Crippen LogP contribution is -2.45. The highest BCUT2D eigenvalue weighted by Crippen LogP contribution is 2.21. The Hall–Kier alpha value is -2.11. The van der Waals surface area contributed by atoms with E-state index in [2.05, 4.69) is 5.32 Å². The van der Waals surface area contributed by atoms with E-state index in [9.17, 15) is 14.0 Å². The summed E-state index contributed by atoms with van der Waals surface area (Å²) in [5.41, 5.74) is -0.00813. The zero-order valence-electron chi connectivity index (χ0n) is 13.8. The topological polar surface area (TPSA) is 58.6 Å². The lowest BCUT2D eigenvalue weighted by Gasteiger charge is -2.33. The lowest BCUT2D eigenvalue weighted by molar-refractivity contribution is -0.121. The van der Waals surface area contributed by atoms with E-state index in [1.165, 1.54) is 24.3 Å². The first-order valence-corrected chi connectivity index (χ1v) is 7.79. The van der Waals surface area contributed by atoms with Gasteiger partial charge in [-0.1, -0.05) is 0 Å². The molecule has 1 aromatic rings. The summed E-state index contributed by atoms with van der Waals surface area (Å²) in [6, 6.07) is 5.62. The number of nitrogens with zero attached hydrogens (tertiary/aromatic N) is 1. The number of anilines is 1. The minimum Gasteiger partial charge on any atom is -0.444 e. The van der Waals surface area contributed by atoms with Crippen LogP contribution in [0.5, 0.6) is 0 Å². The molecular weight excluding hydrogens is 299 g/mol. The molecule has 0 saturated carbocycles. The van der Waals surface area contributed by atoms with E-state index < -0.39 is 11.7 Å². The van der Waals surface area contributed by atoms with E-state index in [0.29, 0.717) is 25.2 Å². The van der Waals surface area contributed by atoms with Crippen molar-refractivity contribution < 1.29 is 18.7 Å². The number of benzene rings is 1. The molecule has 2 rings (SSSR count). The molecule has 0 spiro atoms. The summed E-state index contributed by atoms with van der Waals surface area (Å²) in [5, 5.41) is 2.76. The van der Waals surface area contributed by atoms with Gasteiger partial charge in [0.2, 0.25) is 5.91 Å². The minimum atomic E-state index is -0.555. The largest absolute Gasteiger partial charge is 0.444 e. The van der Waals surface area contributed by atoms with Crippen LogP contribution in [0.15, 0.2) is 24.3 Å². The molecule has 5 nitrogen and oxygen atoms in total. The van der Waals surface area contributed by atoms with Gasteiger partial charge in [-0.3, -0.25) is 4.79 Å². The van der Waals surface area contributed by atoms with E-state index in [4.69, 9.17) is 4.74 Å². The highest BCUT2D eigenvalue weighted by atomic mass is 19.1. The maximum absolute atomic E-state index is 12.9. The first-order chi connectivity index (χ1) is 10.7. The molecule has 1 atom stereocenters. The molecule has 0 radical (unpaired) electrons. The Morgan fingerprint density at radius 3 is 2.52 bits per heavy atom. The molecule has 0 aliphatic carbocycles. The Morgan fingerprint density at radius 2 is 1.91 bits per heavy atom. The number of likely N-dealkylation sites (tertiary alicyclic amines) is 1. The molecule has 0 aromatic heterocycles. The maximum Gasteiger partial charge on any atom is 0.410 e. The maximum atomic E-state index is 12.9. The van der Waals surface area contributed by atoms with Gasteiger partial charge in [0.15, 0.2) is 0 Å². The normalized spacial score (nSPS) is 18.4. The van der Waals surface area contributed by atoms with Crippen molar-refractivity contribution in [2.75, 3.05) is 18.4 Å². The van der Waals surface area contributed by atoms with Gasteiger partial charge in [-0.15, -0.1) is 0 Å². The summed E-state index contributed by atoms with van der Waals surface area (Å²) < 4.78 is 18.2. The average molecular weight is 322 g/mol. The van der Waals surface area contributed by atoms with E-state index in [-0.39, 0.29) is 17.6 Å². The molecule has 1 N–H and O–H groups in total. The highest BCUT2D eigenvalue weighted by molar-refractivity contribution is 5.93. The van der Waals surface area contributed by atoms with Crippen LogP contribution in [0.2, 0.25) is 0 Å². The van der Waals surface area contributed by atoms with Crippen molar-refractivity contribution in [1.82, 2.24) is 4.90 Å². The van der Waals surface area contributed by atoms with Gasteiger partial charge in [-0.05, 0) is 57.9 Å². The van der Waals surface area contributed by atoms with Crippen molar-refractivity contribution in [3.63, 3.8) is 0 Å². The minimum absolute atomic E-state index is 0.162. The Kier molecular flexibility index (Phi) is 5.23. The number of ether oxygens (including phenoxy) is 1. The number of halogens is 1. The second-order valence-corrected chi connectivity index (χ2v) is 6.76. The third-order valence-electron chi connectivity index (χ3n) is 3.56. The molecule has 1 fully saturated rings. The molecule has 1 aliphatic heterocycles. The lowest BCUT2D eigenvalue weighted by atomic mass is 9.97. The van der Waals surface area contributed by atoms with Gasteiger partial charge in [0.1, 0.15) is 11.4 Å². The van der Waals surface area contributed by atoms with Gasteiger partial charge >= 0.3 is 6.09 Å². The predicted molar refractivity (Wildman–Crippen MR) is 85.6 cm³/mol. The van der Waals surface area contributed by atoms with Crippen molar-refractivity contribution in [3.8, 4) is 0 Å². The SMILES string of the molecule is CC(C)(C)OC(=O)N1CCCC(C(=O)Nc2ccc(F)cc2)C1. The standard InChI is InChI=1S/C17H23FN2O3/c1-17(2,3)23-16(22)20-10-4-5-12(11-20)15(21)19-14-8-6-13(18)7-9-14/h6-9,12H,4-5,10-11H2,1-3H3,(H,19,21). The van der Waals surface area contributed by atoms with Crippen molar-refractivity contribution in [2.45, 2.75) is 39.2 Å². The molecule has 6 heteroatoms. The Morgan fingerprint density at radius 1 is 1.26 bits per heavy atom. The van der Waals surface area contributed by atoms with Gasteiger partial charge in [-0.25, -0.2) is 9.18 Å². The van der Waals surface area contributed by atoms with Gasteiger partial charge in [0.05, 0.1) is 5.92 Å². The average Bonchev–Trinajstić information content (AvgIpc) is 2.48. The highest BCUT2D eigenvalue weighted by Gasteiger charge is 2.31. The molecular formula is C17H23FN2O3. The fourth-order valence-electron chi connectivity index (χ4n) is 2.46. The number of carbonyl (C=O) groups is 2. The van der Waals surface area contributed by atoms with Crippen LogP contribution in [0.25, 0.3) is 0 Å². The number of hydrogen-bond acceptors (Lipinski definition) is 3. The summed E-state index contributed by atoms with van der Waals surface area (Å²) in [6.07, 6.45) is 1.07. The van der Waals surface area contributed by atoms with Crippen LogP contribution in [0.1, 0.15) is 33.6 Å². The molecule has 126 valence electrons. The number of amides is 2. The van der Waals surface area contributed by atoms with Crippen LogP contribution in [0.4, 0.5) is 14.9 Å². The molecule has 1 heterocycles. The van der Waals surface area contributed by atoms with E-state index >= 15 is 0 Å². The van der Waals surface area contributed by atoms with Crippen LogP contribution in [-0.4, -0.2) is 35.6 Å². The third kappa shape index (κ3) is 5.23. The number of piperidine rings is 1.